The molecular weight excluding hydrogens is 233 g/mol. The molecule has 0 aliphatic heterocycles. The van der Waals surface area contributed by atoms with Gasteiger partial charge in [0.1, 0.15) is 0 Å². The molecule has 78 valence electrons. The van der Waals surface area contributed by atoms with Gasteiger partial charge < -0.3 is 5.32 Å². The number of rotatable bonds is 3. The Morgan fingerprint density at radius 1 is 1.33 bits per heavy atom. The van der Waals surface area contributed by atoms with Gasteiger partial charge in [-0.05, 0) is 34.5 Å². The molecule has 0 saturated heterocycles. The largest absolute Gasteiger partial charge is 0.379 e. The number of halogens is 2. The maximum absolute atomic E-state index is 13.4. The Labute approximate surface area is 96.5 Å². The van der Waals surface area contributed by atoms with Crippen molar-refractivity contribution in [2.75, 3.05) is 5.32 Å². The zero-order valence-electron chi connectivity index (χ0n) is 7.84. The molecule has 0 aliphatic carbocycles. The van der Waals surface area contributed by atoms with E-state index >= 15 is 0 Å². The zero-order chi connectivity index (χ0) is 10.7. The fraction of sp³-hybridized carbons (Fsp3) is 0.0909. The van der Waals surface area contributed by atoms with Crippen LogP contribution in [0.15, 0.2) is 35.0 Å². The van der Waals surface area contributed by atoms with Crippen LogP contribution in [0, 0.1) is 5.82 Å². The standard InChI is InChI=1S/C11H9ClFNS/c12-9-2-1-3-10(11(9)13)14-6-8-4-5-15-7-8/h1-5,7,14H,6H2. The highest BCUT2D eigenvalue weighted by Crippen LogP contribution is 2.22. The van der Waals surface area contributed by atoms with Crippen molar-refractivity contribution in [2.45, 2.75) is 6.54 Å². The van der Waals surface area contributed by atoms with Crippen molar-refractivity contribution >= 4 is 28.6 Å². The summed E-state index contributed by atoms with van der Waals surface area (Å²) in [6.07, 6.45) is 0. The van der Waals surface area contributed by atoms with Crippen molar-refractivity contribution in [3.8, 4) is 0 Å². The summed E-state index contributed by atoms with van der Waals surface area (Å²) in [6, 6.07) is 6.93. The van der Waals surface area contributed by atoms with Crippen LogP contribution in [0.1, 0.15) is 5.56 Å². The van der Waals surface area contributed by atoms with E-state index in [1.54, 1.807) is 23.5 Å². The van der Waals surface area contributed by atoms with E-state index < -0.39 is 5.82 Å². The lowest BCUT2D eigenvalue weighted by Crippen LogP contribution is -2.00. The molecule has 0 unspecified atom stereocenters. The minimum absolute atomic E-state index is 0.144. The Bertz CT molecular complexity index is 442. The lowest BCUT2D eigenvalue weighted by Gasteiger charge is -2.06. The fourth-order valence-electron chi connectivity index (χ4n) is 1.23. The van der Waals surface area contributed by atoms with Gasteiger partial charge in [-0.2, -0.15) is 11.3 Å². The molecule has 15 heavy (non-hydrogen) atoms. The summed E-state index contributed by atoms with van der Waals surface area (Å²) in [4.78, 5) is 0. The van der Waals surface area contributed by atoms with Crippen LogP contribution in [0.2, 0.25) is 5.02 Å². The van der Waals surface area contributed by atoms with Crippen molar-refractivity contribution in [2.24, 2.45) is 0 Å². The predicted molar refractivity (Wildman–Crippen MR) is 63.1 cm³/mol. The van der Waals surface area contributed by atoms with Gasteiger partial charge in [-0.25, -0.2) is 4.39 Å². The molecule has 0 amide bonds. The first-order valence-electron chi connectivity index (χ1n) is 4.46. The molecule has 4 heteroatoms. The first-order valence-corrected chi connectivity index (χ1v) is 5.78. The normalized spacial score (nSPS) is 10.3. The Morgan fingerprint density at radius 2 is 2.20 bits per heavy atom. The van der Waals surface area contributed by atoms with Crippen molar-refractivity contribution in [3.05, 3.63) is 51.4 Å². The smallest absolute Gasteiger partial charge is 0.164 e. The van der Waals surface area contributed by atoms with Crippen LogP contribution >= 0.6 is 22.9 Å². The van der Waals surface area contributed by atoms with Crippen molar-refractivity contribution in [1.82, 2.24) is 0 Å². The zero-order valence-corrected chi connectivity index (χ0v) is 9.41. The lowest BCUT2D eigenvalue weighted by molar-refractivity contribution is 0.630. The molecule has 1 N–H and O–H groups in total. The SMILES string of the molecule is Fc1c(Cl)cccc1NCc1ccsc1. The summed E-state index contributed by atoms with van der Waals surface area (Å²) >= 11 is 7.28. The van der Waals surface area contributed by atoms with Gasteiger partial charge in [-0.3, -0.25) is 0 Å². The summed E-state index contributed by atoms with van der Waals surface area (Å²) in [6.45, 7) is 0.612. The fourth-order valence-corrected chi connectivity index (χ4v) is 2.07. The van der Waals surface area contributed by atoms with Gasteiger partial charge in [0.2, 0.25) is 0 Å². The van der Waals surface area contributed by atoms with E-state index in [0.29, 0.717) is 12.2 Å². The molecule has 1 aromatic heterocycles. The number of thiophene rings is 1. The summed E-state index contributed by atoms with van der Waals surface area (Å²) in [5.41, 5.74) is 1.58. The van der Waals surface area contributed by atoms with Crippen LogP contribution in [0.25, 0.3) is 0 Å². The molecule has 2 aromatic rings. The van der Waals surface area contributed by atoms with Gasteiger partial charge in [-0.1, -0.05) is 17.7 Å². The van der Waals surface area contributed by atoms with Crippen LogP contribution in [0.5, 0.6) is 0 Å². The lowest BCUT2D eigenvalue weighted by atomic mass is 10.3. The van der Waals surface area contributed by atoms with Crippen LogP contribution in [0.3, 0.4) is 0 Å². The summed E-state index contributed by atoms with van der Waals surface area (Å²) in [7, 11) is 0. The van der Waals surface area contributed by atoms with Gasteiger partial charge >= 0.3 is 0 Å². The molecule has 0 spiro atoms. The van der Waals surface area contributed by atoms with Crippen molar-refractivity contribution in [3.63, 3.8) is 0 Å². The third kappa shape index (κ3) is 2.49. The molecular formula is C11H9ClFNS. The second-order valence-corrected chi connectivity index (χ2v) is 4.27. The third-order valence-electron chi connectivity index (χ3n) is 2.01. The molecule has 0 fully saturated rings. The summed E-state index contributed by atoms with van der Waals surface area (Å²) in [5.74, 6) is -0.394. The quantitative estimate of drug-likeness (QED) is 0.851. The Kier molecular flexibility index (Phi) is 3.23. The van der Waals surface area contributed by atoms with Gasteiger partial charge in [0.15, 0.2) is 5.82 Å². The molecule has 1 heterocycles. The average Bonchev–Trinajstić information content (AvgIpc) is 2.73. The Balaban J connectivity index is 2.08. The van der Waals surface area contributed by atoms with Crippen LogP contribution in [0.4, 0.5) is 10.1 Å². The predicted octanol–water partition coefficient (Wildman–Crippen LogP) is 4.15. The highest BCUT2D eigenvalue weighted by molar-refractivity contribution is 7.07. The van der Waals surface area contributed by atoms with Gasteiger partial charge in [0, 0.05) is 6.54 Å². The highest BCUT2D eigenvalue weighted by Gasteiger charge is 2.05. The maximum atomic E-state index is 13.4. The van der Waals surface area contributed by atoms with E-state index in [4.69, 9.17) is 11.6 Å². The number of anilines is 1. The number of hydrogen-bond acceptors (Lipinski definition) is 2. The monoisotopic (exact) mass is 241 g/mol. The summed E-state index contributed by atoms with van der Waals surface area (Å²) < 4.78 is 13.4. The topological polar surface area (TPSA) is 12.0 Å². The van der Waals surface area contributed by atoms with Crippen molar-refractivity contribution < 1.29 is 4.39 Å². The maximum Gasteiger partial charge on any atom is 0.164 e. The van der Waals surface area contributed by atoms with Gasteiger partial charge in [0.05, 0.1) is 10.7 Å². The van der Waals surface area contributed by atoms with Crippen LogP contribution < -0.4 is 5.32 Å². The van der Waals surface area contributed by atoms with Crippen molar-refractivity contribution in [1.29, 1.82) is 0 Å². The second-order valence-electron chi connectivity index (χ2n) is 3.09. The summed E-state index contributed by atoms with van der Waals surface area (Å²) in [5, 5.41) is 7.16. The van der Waals surface area contributed by atoms with E-state index in [1.165, 1.54) is 6.07 Å². The molecule has 1 aromatic carbocycles. The molecule has 0 radical (unpaired) electrons. The first kappa shape index (κ1) is 10.5. The Hall–Kier alpha value is -1.06. The molecule has 0 saturated carbocycles. The van der Waals surface area contributed by atoms with Gasteiger partial charge in [0.25, 0.3) is 0 Å². The number of nitrogens with one attached hydrogen (secondary N) is 1. The van der Waals surface area contributed by atoms with E-state index in [9.17, 15) is 4.39 Å². The minimum atomic E-state index is -0.394. The molecule has 0 aliphatic rings. The third-order valence-corrected chi connectivity index (χ3v) is 3.04. The second kappa shape index (κ2) is 4.64. The van der Waals surface area contributed by atoms with E-state index in [2.05, 4.69) is 5.32 Å². The van der Waals surface area contributed by atoms with E-state index in [-0.39, 0.29) is 5.02 Å². The molecule has 1 nitrogen and oxygen atoms in total. The average molecular weight is 242 g/mol. The molecule has 0 bridgehead atoms. The highest BCUT2D eigenvalue weighted by atomic mass is 35.5. The van der Waals surface area contributed by atoms with Crippen LogP contribution in [-0.4, -0.2) is 0 Å². The Morgan fingerprint density at radius 3 is 2.93 bits per heavy atom. The minimum Gasteiger partial charge on any atom is -0.379 e. The first-order chi connectivity index (χ1) is 7.27. The molecule has 0 atom stereocenters. The van der Waals surface area contributed by atoms with E-state index in [0.717, 1.165) is 5.56 Å². The number of hydrogen-bond donors (Lipinski definition) is 1. The number of benzene rings is 1. The van der Waals surface area contributed by atoms with Gasteiger partial charge in [-0.15, -0.1) is 0 Å². The van der Waals surface area contributed by atoms with Crippen LogP contribution in [-0.2, 0) is 6.54 Å². The van der Waals surface area contributed by atoms with E-state index in [1.807, 2.05) is 16.8 Å². The molecule has 2 rings (SSSR count).